The lowest BCUT2D eigenvalue weighted by Gasteiger charge is -2.12. The van der Waals surface area contributed by atoms with Crippen LogP contribution in [0, 0.1) is 0 Å². The highest BCUT2D eigenvalue weighted by Crippen LogP contribution is 2.19. The number of hydrogen-bond donors (Lipinski definition) is 0. The fourth-order valence-corrected chi connectivity index (χ4v) is 9.06. The number of hydrogen-bond acceptors (Lipinski definition) is 4. The Bertz CT molecular complexity index is 1120. The van der Waals surface area contributed by atoms with Gasteiger partial charge in [0.2, 0.25) is 0 Å². The number of benzene rings is 2. The molecule has 0 aliphatic carbocycles. The summed E-state index contributed by atoms with van der Waals surface area (Å²) in [7, 11) is 5.52. The summed E-state index contributed by atoms with van der Waals surface area (Å²) in [5.74, 6) is 0.811. The third-order valence-electron chi connectivity index (χ3n) is 11.2. The molecule has 0 aliphatic heterocycles. The number of nitrogens with zero attached hydrogens (tertiary/aromatic N) is 2. The maximum absolute atomic E-state index is 12.5. The Morgan fingerprint density at radius 3 is 0.755 bits per heavy atom. The molecule has 2 aromatic rings. The van der Waals surface area contributed by atoms with Gasteiger partial charge in [0.05, 0.1) is 11.5 Å². The van der Waals surface area contributed by atoms with E-state index in [1.807, 2.05) is 0 Å². The largest absolute Gasteiger partial charge is 0.378 e. The molecule has 0 saturated heterocycles. The van der Waals surface area contributed by atoms with Crippen molar-refractivity contribution in [3.63, 3.8) is 0 Å². The number of sulfone groups is 1. The standard InChI is InChI=1S/C48H84N2O2S/c1-49(2)47-39-35-45(36-40-47)33-29-25-21-17-13-9-5-7-11-15-19-23-27-31-43-53(51,52)44-32-28-24-20-16-12-8-6-10-14-18-22-26-30-34-46-37-41-48(42-38-46)50(3)4/h35-42H,5-34,43-44H2,1-4H3. The van der Waals surface area contributed by atoms with E-state index in [0.29, 0.717) is 11.5 Å². The Morgan fingerprint density at radius 1 is 0.321 bits per heavy atom. The third kappa shape index (κ3) is 26.4. The van der Waals surface area contributed by atoms with Crippen molar-refractivity contribution >= 4 is 21.2 Å². The minimum atomic E-state index is -2.85. The van der Waals surface area contributed by atoms with Crippen LogP contribution in [-0.4, -0.2) is 48.1 Å². The first-order chi connectivity index (χ1) is 25.8. The van der Waals surface area contributed by atoms with Crippen molar-refractivity contribution in [1.82, 2.24) is 0 Å². The third-order valence-corrected chi connectivity index (χ3v) is 13.1. The molecule has 5 heteroatoms. The van der Waals surface area contributed by atoms with E-state index in [9.17, 15) is 8.42 Å². The molecular formula is C48H84N2O2S. The second-order valence-corrected chi connectivity index (χ2v) is 19.0. The smallest absolute Gasteiger partial charge is 0.150 e. The summed E-state index contributed by atoms with van der Waals surface area (Å²) in [5, 5.41) is 0. The van der Waals surface area contributed by atoms with Crippen molar-refractivity contribution in [1.29, 1.82) is 0 Å². The predicted molar refractivity (Wildman–Crippen MR) is 237 cm³/mol. The summed E-state index contributed by atoms with van der Waals surface area (Å²) < 4.78 is 24.9. The van der Waals surface area contributed by atoms with Crippen molar-refractivity contribution in [3.05, 3.63) is 59.7 Å². The zero-order valence-corrected chi connectivity index (χ0v) is 36.2. The minimum Gasteiger partial charge on any atom is -0.378 e. The second-order valence-electron chi connectivity index (χ2n) is 16.7. The summed E-state index contributed by atoms with van der Waals surface area (Å²) >= 11 is 0. The number of anilines is 2. The Kier molecular flexibility index (Phi) is 27.8. The van der Waals surface area contributed by atoms with Crippen LogP contribution in [0.25, 0.3) is 0 Å². The van der Waals surface area contributed by atoms with E-state index < -0.39 is 9.84 Å². The molecule has 0 heterocycles. The molecule has 2 rings (SSSR count). The van der Waals surface area contributed by atoms with E-state index in [2.05, 4.69) is 86.5 Å². The van der Waals surface area contributed by atoms with Crippen LogP contribution >= 0.6 is 0 Å². The van der Waals surface area contributed by atoms with Gasteiger partial charge in [0.15, 0.2) is 0 Å². The lowest BCUT2D eigenvalue weighted by molar-refractivity contribution is 0.532. The first kappa shape index (κ1) is 47.1. The summed E-state index contributed by atoms with van der Waals surface area (Å²) in [6, 6.07) is 18.0. The minimum absolute atomic E-state index is 0.405. The van der Waals surface area contributed by atoms with E-state index >= 15 is 0 Å². The lowest BCUT2D eigenvalue weighted by atomic mass is 10.0. The van der Waals surface area contributed by atoms with Gasteiger partial charge in [-0.1, -0.05) is 178 Å². The molecule has 0 fully saturated rings. The van der Waals surface area contributed by atoms with Crippen LogP contribution in [0.1, 0.15) is 191 Å². The Labute approximate surface area is 330 Å². The summed E-state index contributed by atoms with van der Waals surface area (Å²) in [6.07, 6.45) is 38.5. The molecule has 0 aromatic heterocycles. The Morgan fingerprint density at radius 2 is 0.528 bits per heavy atom. The van der Waals surface area contributed by atoms with Crippen molar-refractivity contribution in [2.45, 2.75) is 193 Å². The van der Waals surface area contributed by atoms with Gasteiger partial charge in [-0.25, -0.2) is 8.42 Å². The van der Waals surface area contributed by atoms with Gasteiger partial charge in [0.1, 0.15) is 9.84 Å². The van der Waals surface area contributed by atoms with Gasteiger partial charge in [0, 0.05) is 39.6 Å². The normalized spacial score (nSPS) is 11.7. The van der Waals surface area contributed by atoms with Gasteiger partial charge in [0.25, 0.3) is 0 Å². The van der Waals surface area contributed by atoms with Crippen LogP contribution in [-0.2, 0) is 22.7 Å². The SMILES string of the molecule is CN(C)c1ccc(CCCCCCCCCCCCCCCCS(=O)(=O)CCCCCCCCCCCCCCCCc2ccc(N(C)C)cc2)cc1. The molecule has 0 unspecified atom stereocenters. The van der Waals surface area contributed by atoms with Crippen LogP contribution in [0.2, 0.25) is 0 Å². The molecule has 53 heavy (non-hydrogen) atoms. The van der Waals surface area contributed by atoms with Gasteiger partial charge in [-0.2, -0.15) is 0 Å². The molecule has 304 valence electrons. The van der Waals surface area contributed by atoms with Crippen LogP contribution < -0.4 is 9.80 Å². The quantitative estimate of drug-likeness (QED) is 0.0650. The molecular weight excluding hydrogens is 669 g/mol. The highest BCUT2D eigenvalue weighted by molar-refractivity contribution is 7.91. The van der Waals surface area contributed by atoms with Crippen molar-refractivity contribution in [3.8, 4) is 0 Å². The second kappa shape index (κ2) is 31.2. The molecule has 0 atom stereocenters. The molecule has 0 N–H and O–H groups in total. The maximum Gasteiger partial charge on any atom is 0.150 e. The van der Waals surface area contributed by atoms with Gasteiger partial charge in [-0.05, 0) is 73.9 Å². The lowest BCUT2D eigenvalue weighted by Crippen LogP contribution is -2.11. The van der Waals surface area contributed by atoms with E-state index in [4.69, 9.17) is 0 Å². The first-order valence-corrected chi connectivity index (χ1v) is 24.3. The average Bonchev–Trinajstić information content (AvgIpc) is 3.14. The fraction of sp³-hybridized carbons (Fsp3) is 0.750. The molecule has 0 radical (unpaired) electrons. The monoisotopic (exact) mass is 753 g/mol. The summed E-state index contributed by atoms with van der Waals surface area (Å²) in [6.45, 7) is 0. The van der Waals surface area contributed by atoms with Crippen molar-refractivity contribution in [2.75, 3.05) is 49.5 Å². The van der Waals surface area contributed by atoms with Crippen LogP contribution in [0.4, 0.5) is 11.4 Å². The Balaban J connectivity index is 1.24. The van der Waals surface area contributed by atoms with Gasteiger partial charge < -0.3 is 9.80 Å². The van der Waals surface area contributed by atoms with Crippen LogP contribution in [0.5, 0.6) is 0 Å². The van der Waals surface area contributed by atoms with E-state index in [-0.39, 0.29) is 0 Å². The van der Waals surface area contributed by atoms with E-state index in [1.165, 1.54) is 189 Å². The summed E-state index contributed by atoms with van der Waals surface area (Å²) in [4.78, 5) is 4.31. The first-order valence-electron chi connectivity index (χ1n) is 22.5. The maximum atomic E-state index is 12.5. The Hall–Kier alpha value is -2.01. The average molecular weight is 753 g/mol. The number of unbranched alkanes of at least 4 members (excludes halogenated alkanes) is 26. The van der Waals surface area contributed by atoms with Crippen molar-refractivity contribution < 1.29 is 8.42 Å². The summed E-state index contributed by atoms with van der Waals surface area (Å²) in [5.41, 5.74) is 5.49. The van der Waals surface area contributed by atoms with Gasteiger partial charge >= 0.3 is 0 Å². The van der Waals surface area contributed by atoms with Crippen LogP contribution in [0.15, 0.2) is 48.5 Å². The molecule has 0 bridgehead atoms. The molecule has 0 spiro atoms. The number of rotatable bonds is 36. The molecule has 2 aromatic carbocycles. The fourth-order valence-electron chi connectivity index (χ4n) is 7.57. The molecule has 0 amide bonds. The van der Waals surface area contributed by atoms with E-state index in [0.717, 1.165) is 25.7 Å². The molecule has 4 nitrogen and oxygen atoms in total. The zero-order chi connectivity index (χ0) is 38.2. The predicted octanol–water partition coefficient (Wildman–Crippen LogP) is 13.9. The highest BCUT2D eigenvalue weighted by atomic mass is 32.2. The zero-order valence-electron chi connectivity index (χ0n) is 35.4. The highest BCUT2D eigenvalue weighted by Gasteiger charge is 2.10. The van der Waals surface area contributed by atoms with Gasteiger partial charge in [-0.3, -0.25) is 0 Å². The van der Waals surface area contributed by atoms with Gasteiger partial charge in [-0.15, -0.1) is 0 Å². The van der Waals surface area contributed by atoms with E-state index in [1.54, 1.807) is 0 Å². The van der Waals surface area contributed by atoms with Crippen molar-refractivity contribution in [2.24, 2.45) is 0 Å². The molecule has 0 aliphatic rings. The topological polar surface area (TPSA) is 40.6 Å². The molecule has 0 saturated carbocycles. The number of aryl methyl sites for hydroxylation is 2. The van der Waals surface area contributed by atoms with Crippen LogP contribution in [0.3, 0.4) is 0 Å².